The Bertz CT molecular complexity index is 925. The van der Waals surface area contributed by atoms with E-state index >= 15 is 0 Å². The largest absolute Gasteiger partial charge is 0.301 e. The first-order valence-corrected chi connectivity index (χ1v) is 9.14. The minimum atomic E-state index is -4.02. The van der Waals surface area contributed by atoms with Crippen molar-refractivity contribution in [1.82, 2.24) is 9.97 Å². The lowest BCUT2D eigenvalue weighted by Gasteiger charge is -2.05. The van der Waals surface area contributed by atoms with Crippen LogP contribution in [0.5, 0.6) is 0 Å². The number of ketones is 1. The molecule has 2 rings (SSSR count). The molecule has 1 aromatic heterocycles. The van der Waals surface area contributed by atoms with Crippen LogP contribution >= 0.6 is 23.4 Å². The number of thioether (sulfide) groups is 1. The number of nitrogens with one attached hydrogen (secondary N) is 1. The van der Waals surface area contributed by atoms with Crippen LogP contribution in [0.3, 0.4) is 0 Å². The zero-order valence-electron chi connectivity index (χ0n) is 11.9. The third-order valence-electron chi connectivity index (χ3n) is 2.75. The van der Waals surface area contributed by atoms with E-state index in [0.29, 0.717) is 10.9 Å². The first-order valence-electron chi connectivity index (χ1n) is 6.23. The highest BCUT2D eigenvalue weighted by atomic mass is 35.5. The number of benzene rings is 1. The molecule has 0 amide bonds. The van der Waals surface area contributed by atoms with Gasteiger partial charge in [0.05, 0.1) is 10.8 Å². The lowest BCUT2D eigenvalue weighted by molar-refractivity contribution is 0.102. The van der Waals surface area contributed by atoms with Crippen LogP contribution in [0.15, 0.2) is 39.1 Å². The Morgan fingerprint density at radius 3 is 2.70 bits per heavy atom. The number of aryl methyl sites for hydroxylation is 1. The Hall–Kier alpha value is -1.68. The summed E-state index contributed by atoms with van der Waals surface area (Å²) in [5.74, 6) is -0.376. The van der Waals surface area contributed by atoms with Gasteiger partial charge in [0.2, 0.25) is 10.0 Å². The number of nitrogens with two attached hydrogens (primary N) is 1. The Balaban J connectivity index is 2.20. The molecule has 1 heterocycles. The molecule has 10 heteroatoms. The van der Waals surface area contributed by atoms with Crippen molar-refractivity contribution in [3.63, 3.8) is 0 Å². The number of hydrogen-bond donors (Lipinski definition) is 2. The van der Waals surface area contributed by atoms with E-state index in [1.807, 2.05) is 0 Å². The van der Waals surface area contributed by atoms with Crippen LogP contribution in [0.25, 0.3) is 0 Å². The minimum Gasteiger partial charge on any atom is -0.301 e. The monoisotopic (exact) mass is 373 g/mol. The first kappa shape index (κ1) is 17.7. The fourth-order valence-corrected chi connectivity index (χ4v) is 3.62. The molecule has 0 saturated carbocycles. The molecule has 0 aliphatic carbocycles. The normalized spacial score (nSPS) is 11.4. The lowest BCUT2D eigenvalue weighted by atomic mass is 10.1. The second-order valence-corrected chi connectivity index (χ2v) is 7.50. The van der Waals surface area contributed by atoms with E-state index in [1.165, 1.54) is 18.2 Å². The number of H-pyrrole nitrogens is 1. The number of primary sulfonamides is 1. The van der Waals surface area contributed by atoms with Gasteiger partial charge >= 0.3 is 0 Å². The second-order valence-electron chi connectivity index (χ2n) is 4.59. The van der Waals surface area contributed by atoms with Crippen molar-refractivity contribution < 1.29 is 13.2 Å². The van der Waals surface area contributed by atoms with Gasteiger partial charge in [-0.15, -0.1) is 0 Å². The van der Waals surface area contributed by atoms with Gasteiger partial charge in [0.25, 0.3) is 5.56 Å². The molecule has 0 aliphatic heterocycles. The smallest absolute Gasteiger partial charge is 0.251 e. The fourth-order valence-electron chi connectivity index (χ4n) is 1.73. The Labute approximate surface area is 141 Å². The average molecular weight is 374 g/mol. The average Bonchev–Trinajstić information content (AvgIpc) is 2.43. The minimum absolute atomic E-state index is 0.0297. The maximum absolute atomic E-state index is 12.2. The molecule has 0 spiro atoms. The Morgan fingerprint density at radius 2 is 2.09 bits per heavy atom. The number of rotatable bonds is 5. The standard InChI is InChI=1S/C13H12ClN3O4S2/c1-7-4-12(19)17-13(16-7)22-6-10(18)8-2-3-9(14)11(5-8)23(15,20)21/h2-5H,6H2,1H3,(H2,15,20,21)(H,16,17,19). The van der Waals surface area contributed by atoms with Gasteiger partial charge in [-0.1, -0.05) is 23.4 Å². The van der Waals surface area contributed by atoms with Crippen LogP contribution in [0, 0.1) is 6.92 Å². The topological polar surface area (TPSA) is 123 Å². The number of nitrogens with zero attached hydrogens (tertiary/aromatic N) is 1. The summed E-state index contributed by atoms with van der Waals surface area (Å²) in [7, 11) is -4.02. The van der Waals surface area contributed by atoms with Crippen LogP contribution in [-0.4, -0.2) is 29.9 Å². The van der Waals surface area contributed by atoms with E-state index in [0.717, 1.165) is 17.8 Å². The summed E-state index contributed by atoms with van der Waals surface area (Å²) in [6, 6.07) is 5.18. The number of aromatic amines is 1. The first-order chi connectivity index (χ1) is 10.7. The van der Waals surface area contributed by atoms with Crippen molar-refractivity contribution >= 4 is 39.2 Å². The molecule has 0 saturated heterocycles. The number of sulfonamides is 1. The van der Waals surface area contributed by atoms with Gasteiger partial charge in [-0.05, 0) is 25.1 Å². The highest BCUT2D eigenvalue weighted by Gasteiger charge is 2.16. The van der Waals surface area contributed by atoms with E-state index < -0.39 is 10.0 Å². The summed E-state index contributed by atoms with van der Waals surface area (Å²) in [5, 5.41) is 5.30. The molecule has 0 unspecified atom stereocenters. The zero-order valence-corrected chi connectivity index (χ0v) is 14.3. The molecule has 1 aromatic carbocycles. The highest BCUT2D eigenvalue weighted by Crippen LogP contribution is 2.23. The Morgan fingerprint density at radius 1 is 1.39 bits per heavy atom. The molecule has 0 bridgehead atoms. The van der Waals surface area contributed by atoms with Crippen molar-refractivity contribution in [1.29, 1.82) is 0 Å². The van der Waals surface area contributed by atoms with E-state index in [1.54, 1.807) is 6.92 Å². The van der Waals surface area contributed by atoms with Crippen LogP contribution in [0.1, 0.15) is 16.1 Å². The highest BCUT2D eigenvalue weighted by molar-refractivity contribution is 7.99. The van der Waals surface area contributed by atoms with Gasteiger partial charge < -0.3 is 4.98 Å². The number of carbonyl (C=O) groups is 1. The Kier molecular flexibility index (Phi) is 5.25. The summed E-state index contributed by atoms with van der Waals surface area (Å²) >= 11 is 6.81. The molecule has 0 radical (unpaired) electrons. The van der Waals surface area contributed by atoms with Crippen LogP contribution in [0.2, 0.25) is 5.02 Å². The van der Waals surface area contributed by atoms with Gasteiger partial charge in [0, 0.05) is 17.3 Å². The molecular weight excluding hydrogens is 362 g/mol. The predicted molar refractivity (Wildman–Crippen MR) is 87.5 cm³/mol. The third-order valence-corrected chi connectivity index (χ3v) is 5.01. The lowest BCUT2D eigenvalue weighted by Crippen LogP contribution is -2.14. The van der Waals surface area contributed by atoms with Gasteiger partial charge in [-0.25, -0.2) is 18.5 Å². The quantitative estimate of drug-likeness (QED) is 0.463. The molecule has 3 N–H and O–H groups in total. The van der Waals surface area contributed by atoms with Gasteiger partial charge in [0.1, 0.15) is 4.90 Å². The van der Waals surface area contributed by atoms with Crippen molar-refractivity contribution in [2.75, 3.05) is 5.75 Å². The van der Waals surface area contributed by atoms with Crippen LogP contribution in [0.4, 0.5) is 0 Å². The summed E-state index contributed by atoms with van der Waals surface area (Å²) in [6.45, 7) is 1.67. The summed E-state index contributed by atoms with van der Waals surface area (Å²) < 4.78 is 22.8. The molecular formula is C13H12ClN3O4S2. The van der Waals surface area contributed by atoms with Gasteiger partial charge in [0.15, 0.2) is 10.9 Å². The SMILES string of the molecule is Cc1cc(=O)[nH]c(SCC(=O)c2ccc(Cl)c(S(N)(=O)=O)c2)n1. The summed E-state index contributed by atoms with van der Waals surface area (Å²) in [6.07, 6.45) is 0. The molecule has 7 nitrogen and oxygen atoms in total. The zero-order chi connectivity index (χ0) is 17.2. The van der Waals surface area contributed by atoms with Crippen LogP contribution in [-0.2, 0) is 10.0 Å². The number of hydrogen-bond acceptors (Lipinski definition) is 6. The van der Waals surface area contributed by atoms with E-state index in [9.17, 15) is 18.0 Å². The van der Waals surface area contributed by atoms with Gasteiger partial charge in [-0.2, -0.15) is 0 Å². The van der Waals surface area contributed by atoms with Crippen LogP contribution < -0.4 is 10.7 Å². The molecule has 2 aromatic rings. The number of Topliss-reactive ketones (excluding diaryl/α,β-unsaturated/α-hetero) is 1. The molecule has 0 fully saturated rings. The van der Waals surface area contributed by atoms with Crippen molar-refractivity contribution in [3.05, 3.63) is 50.9 Å². The van der Waals surface area contributed by atoms with E-state index in [-0.39, 0.29) is 32.6 Å². The van der Waals surface area contributed by atoms with Crippen molar-refractivity contribution in [2.24, 2.45) is 5.14 Å². The van der Waals surface area contributed by atoms with Gasteiger partial charge in [-0.3, -0.25) is 9.59 Å². The fraction of sp³-hybridized carbons (Fsp3) is 0.154. The van der Waals surface area contributed by atoms with E-state index in [2.05, 4.69) is 9.97 Å². The maximum Gasteiger partial charge on any atom is 0.251 e. The molecule has 0 aliphatic rings. The number of carbonyl (C=O) groups excluding carboxylic acids is 1. The number of halogens is 1. The predicted octanol–water partition coefficient (Wildman–Crippen LogP) is 1.35. The van der Waals surface area contributed by atoms with E-state index in [4.69, 9.17) is 16.7 Å². The molecule has 122 valence electrons. The molecule has 23 heavy (non-hydrogen) atoms. The summed E-state index contributed by atoms with van der Waals surface area (Å²) in [4.78, 5) is 29.8. The van der Waals surface area contributed by atoms with Crippen molar-refractivity contribution in [3.8, 4) is 0 Å². The maximum atomic E-state index is 12.2. The number of aromatic nitrogens is 2. The molecule has 0 atom stereocenters. The van der Waals surface area contributed by atoms with Crippen molar-refractivity contribution in [2.45, 2.75) is 17.0 Å². The summed E-state index contributed by atoms with van der Waals surface area (Å²) in [5.41, 5.74) is 0.378. The second kappa shape index (κ2) is 6.83. The third kappa shape index (κ3) is 4.64.